The van der Waals surface area contributed by atoms with Crippen LogP contribution in [0.2, 0.25) is 0 Å². The lowest BCUT2D eigenvalue weighted by Gasteiger charge is -2.22. The Morgan fingerprint density at radius 3 is 2.82 bits per heavy atom. The van der Waals surface area contributed by atoms with Gasteiger partial charge in [-0.2, -0.15) is 0 Å². The van der Waals surface area contributed by atoms with Gasteiger partial charge in [-0.1, -0.05) is 0 Å². The maximum atomic E-state index is 12.7. The number of nitrogens with one attached hydrogen (secondary N) is 2. The smallest absolute Gasteiger partial charge is 0.223 e. The molecule has 0 aromatic heterocycles. The van der Waals surface area contributed by atoms with Crippen molar-refractivity contribution in [1.29, 1.82) is 0 Å². The Bertz CT molecular complexity index is 436. The SMILES string of the molecule is Cl.O=C(CCOc1ccc(F)cc1)NCCC1CCCNC1. The van der Waals surface area contributed by atoms with Crippen LogP contribution in [0.5, 0.6) is 5.75 Å². The van der Waals surface area contributed by atoms with E-state index in [0.717, 1.165) is 26.1 Å². The average molecular weight is 331 g/mol. The summed E-state index contributed by atoms with van der Waals surface area (Å²) in [7, 11) is 0. The first kappa shape index (κ1) is 18.7. The number of piperidine rings is 1. The fourth-order valence-corrected chi connectivity index (χ4v) is 2.47. The van der Waals surface area contributed by atoms with Crippen molar-refractivity contribution in [3.8, 4) is 5.75 Å². The van der Waals surface area contributed by atoms with E-state index in [2.05, 4.69) is 10.6 Å². The van der Waals surface area contributed by atoms with Crippen LogP contribution in [0.15, 0.2) is 24.3 Å². The van der Waals surface area contributed by atoms with E-state index in [1.807, 2.05) is 0 Å². The molecule has 6 heteroatoms. The molecule has 0 radical (unpaired) electrons. The highest BCUT2D eigenvalue weighted by molar-refractivity contribution is 5.85. The van der Waals surface area contributed by atoms with Crippen molar-refractivity contribution in [1.82, 2.24) is 10.6 Å². The minimum Gasteiger partial charge on any atom is -0.493 e. The zero-order valence-corrected chi connectivity index (χ0v) is 13.5. The molecular weight excluding hydrogens is 307 g/mol. The number of hydrogen-bond donors (Lipinski definition) is 2. The van der Waals surface area contributed by atoms with Crippen LogP contribution in [0.3, 0.4) is 0 Å². The van der Waals surface area contributed by atoms with E-state index in [1.54, 1.807) is 12.1 Å². The molecule has 0 bridgehead atoms. The van der Waals surface area contributed by atoms with Crippen LogP contribution in [-0.4, -0.2) is 32.1 Å². The molecule has 1 aliphatic heterocycles. The van der Waals surface area contributed by atoms with Gasteiger partial charge in [-0.15, -0.1) is 12.4 Å². The standard InChI is InChI=1S/C16H23FN2O2.ClH/c17-14-3-5-15(6-4-14)21-11-8-16(20)19-10-7-13-2-1-9-18-12-13;/h3-6,13,18H,1-2,7-12H2,(H,19,20);1H. The molecule has 1 amide bonds. The predicted octanol–water partition coefficient (Wildman–Crippen LogP) is 2.52. The highest BCUT2D eigenvalue weighted by Crippen LogP contribution is 2.13. The van der Waals surface area contributed by atoms with Gasteiger partial charge in [-0.3, -0.25) is 4.79 Å². The van der Waals surface area contributed by atoms with Crippen molar-refractivity contribution >= 4 is 18.3 Å². The van der Waals surface area contributed by atoms with E-state index < -0.39 is 0 Å². The maximum Gasteiger partial charge on any atom is 0.223 e. The largest absolute Gasteiger partial charge is 0.493 e. The van der Waals surface area contributed by atoms with E-state index in [0.29, 0.717) is 24.7 Å². The number of hydrogen-bond acceptors (Lipinski definition) is 3. The number of amides is 1. The van der Waals surface area contributed by atoms with Crippen LogP contribution < -0.4 is 15.4 Å². The number of carbonyl (C=O) groups is 1. The molecule has 2 rings (SSSR count). The van der Waals surface area contributed by atoms with E-state index >= 15 is 0 Å². The van der Waals surface area contributed by atoms with Gasteiger partial charge in [0.25, 0.3) is 0 Å². The Morgan fingerprint density at radius 2 is 2.14 bits per heavy atom. The first-order valence-corrected chi connectivity index (χ1v) is 7.60. The summed E-state index contributed by atoms with van der Waals surface area (Å²) in [6.45, 7) is 3.21. The second kappa shape index (κ2) is 10.4. The number of benzene rings is 1. The first-order valence-electron chi connectivity index (χ1n) is 7.60. The van der Waals surface area contributed by atoms with Gasteiger partial charge >= 0.3 is 0 Å². The molecule has 1 aromatic carbocycles. The summed E-state index contributed by atoms with van der Waals surface area (Å²) in [5.41, 5.74) is 0. The molecule has 1 aromatic rings. The van der Waals surface area contributed by atoms with Gasteiger partial charge in [0.2, 0.25) is 5.91 Å². The quantitative estimate of drug-likeness (QED) is 0.807. The molecule has 1 fully saturated rings. The zero-order chi connectivity index (χ0) is 14.9. The molecule has 1 atom stereocenters. The molecule has 4 nitrogen and oxygen atoms in total. The van der Waals surface area contributed by atoms with Crippen LogP contribution >= 0.6 is 12.4 Å². The summed E-state index contributed by atoms with van der Waals surface area (Å²) in [4.78, 5) is 11.7. The summed E-state index contributed by atoms with van der Waals surface area (Å²) >= 11 is 0. The Hall–Kier alpha value is -1.33. The molecule has 22 heavy (non-hydrogen) atoms. The third-order valence-electron chi connectivity index (χ3n) is 3.69. The minimum absolute atomic E-state index is 0. The summed E-state index contributed by atoms with van der Waals surface area (Å²) in [5.74, 6) is 0.963. The van der Waals surface area contributed by atoms with Crippen LogP contribution in [0.4, 0.5) is 4.39 Å². The van der Waals surface area contributed by atoms with Crippen LogP contribution in [0.25, 0.3) is 0 Å². The third-order valence-corrected chi connectivity index (χ3v) is 3.69. The fourth-order valence-electron chi connectivity index (χ4n) is 2.47. The molecule has 1 unspecified atom stereocenters. The molecule has 1 aliphatic rings. The van der Waals surface area contributed by atoms with Gasteiger partial charge in [0.15, 0.2) is 0 Å². The minimum atomic E-state index is -0.294. The summed E-state index contributed by atoms with van der Waals surface area (Å²) < 4.78 is 18.1. The lowest BCUT2D eigenvalue weighted by molar-refractivity contribution is -0.121. The van der Waals surface area contributed by atoms with Gasteiger partial charge in [-0.05, 0) is 62.5 Å². The molecule has 124 valence electrons. The first-order chi connectivity index (χ1) is 10.2. The maximum absolute atomic E-state index is 12.7. The van der Waals surface area contributed by atoms with Crippen LogP contribution in [0, 0.1) is 11.7 Å². The third kappa shape index (κ3) is 7.09. The number of halogens is 2. The zero-order valence-electron chi connectivity index (χ0n) is 12.6. The van der Waals surface area contributed by atoms with E-state index in [4.69, 9.17) is 4.74 Å². The van der Waals surface area contributed by atoms with Crippen molar-refractivity contribution in [2.45, 2.75) is 25.7 Å². The van der Waals surface area contributed by atoms with Crippen molar-refractivity contribution in [3.05, 3.63) is 30.1 Å². The molecule has 1 heterocycles. The highest BCUT2D eigenvalue weighted by Gasteiger charge is 2.12. The van der Waals surface area contributed by atoms with Crippen molar-refractivity contribution in [2.24, 2.45) is 5.92 Å². The second-order valence-electron chi connectivity index (χ2n) is 5.40. The normalized spacial score (nSPS) is 17.4. The van der Waals surface area contributed by atoms with Gasteiger partial charge in [-0.25, -0.2) is 4.39 Å². The molecule has 0 saturated carbocycles. The van der Waals surface area contributed by atoms with Crippen LogP contribution in [0.1, 0.15) is 25.7 Å². The average Bonchev–Trinajstić information content (AvgIpc) is 2.50. The molecule has 0 aliphatic carbocycles. The molecule has 0 spiro atoms. The molecule has 1 saturated heterocycles. The van der Waals surface area contributed by atoms with Gasteiger partial charge in [0.05, 0.1) is 13.0 Å². The van der Waals surface area contributed by atoms with Crippen LogP contribution in [-0.2, 0) is 4.79 Å². The highest BCUT2D eigenvalue weighted by atomic mass is 35.5. The summed E-state index contributed by atoms with van der Waals surface area (Å²) in [6.07, 6.45) is 3.82. The van der Waals surface area contributed by atoms with Crippen molar-refractivity contribution < 1.29 is 13.9 Å². The number of carbonyl (C=O) groups excluding carboxylic acids is 1. The lowest BCUT2D eigenvalue weighted by Crippen LogP contribution is -2.33. The number of ether oxygens (including phenoxy) is 1. The van der Waals surface area contributed by atoms with E-state index in [-0.39, 0.29) is 24.1 Å². The van der Waals surface area contributed by atoms with Crippen molar-refractivity contribution in [2.75, 3.05) is 26.2 Å². The van der Waals surface area contributed by atoms with Gasteiger partial charge < -0.3 is 15.4 Å². The fraction of sp³-hybridized carbons (Fsp3) is 0.562. The summed E-state index contributed by atoms with van der Waals surface area (Å²) in [6, 6.07) is 5.80. The Balaban J connectivity index is 0.00000242. The summed E-state index contributed by atoms with van der Waals surface area (Å²) in [5, 5.41) is 6.29. The molecular formula is C16H24ClFN2O2. The number of rotatable bonds is 7. The Kier molecular flexibility index (Phi) is 8.85. The lowest BCUT2D eigenvalue weighted by atomic mass is 9.96. The van der Waals surface area contributed by atoms with Gasteiger partial charge in [0.1, 0.15) is 11.6 Å². The topological polar surface area (TPSA) is 50.4 Å². The monoisotopic (exact) mass is 330 g/mol. The molecule has 2 N–H and O–H groups in total. The van der Waals surface area contributed by atoms with Gasteiger partial charge in [0, 0.05) is 6.54 Å². The second-order valence-corrected chi connectivity index (χ2v) is 5.40. The van der Waals surface area contributed by atoms with Crippen molar-refractivity contribution in [3.63, 3.8) is 0 Å². The van der Waals surface area contributed by atoms with E-state index in [1.165, 1.54) is 25.0 Å². The Morgan fingerprint density at radius 1 is 1.36 bits per heavy atom. The Labute approximate surface area is 137 Å². The predicted molar refractivity (Wildman–Crippen MR) is 87.0 cm³/mol. The van der Waals surface area contributed by atoms with E-state index in [9.17, 15) is 9.18 Å².